The van der Waals surface area contributed by atoms with Gasteiger partial charge in [0, 0.05) is 57.8 Å². The molecule has 3 aliphatic heterocycles. The maximum absolute atomic E-state index is 12.6. The standard InChI is InChI=1S/C16H30N4O.2ClH/c1-2-18-9-11-19(12-10-18)8-6-16(21)20-14-3-4-15(20)13-17-7-5-14;;/h14-15,17H,2-13H2,1H3;2*1H. The summed E-state index contributed by atoms with van der Waals surface area (Å²) in [6.45, 7) is 10.9. The van der Waals surface area contributed by atoms with Crippen LogP contribution in [-0.4, -0.2) is 85.0 Å². The Morgan fingerprint density at radius 2 is 1.65 bits per heavy atom. The minimum Gasteiger partial charge on any atom is -0.335 e. The van der Waals surface area contributed by atoms with Crippen molar-refractivity contribution in [2.24, 2.45) is 0 Å². The van der Waals surface area contributed by atoms with E-state index in [9.17, 15) is 4.79 Å². The number of halogens is 2. The number of amides is 1. The second-order valence-corrected chi connectivity index (χ2v) is 6.70. The van der Waals surface area contributed by atoms with Crippen LogP contribution in [0.5, 0.6) is 0 Å². The smallest absolute Gasteiger partial charge is 0.224 e. The fourth-order valence-electron chi connectivity index (χ4n) is 4.10. The first-order valence-corrected chi connectivity index (χ1v) is 8.74. The second kappa shape index (κ2) is 10.0. The zero-order chi connectivity index (χ0) is 14.7. The van der Waals surface area contributed by atoms with Crippen molar-refractivity contribution in [2.45, 2.75) is 44.7 Å². The van der Waals surface area contributed by atoms with Gasteiger partial charge in [-0.1, -0.05) is 6.92 Å². The predicted octanol–water partition coefficient (Wildman–Crippen LogP) is 1.21. The number of nitrogens with one attached hydrogen (secondary N) is 1. The topological polar surface area (TPSA) is 38.8 Å². The average molecular weight is 367 g/mol. The fraction of sp³-hybridized carbons (Fsp3) is 0.938. The van der Waals surface area contributed by atoms with E-state index in [1.165, 1.54) is 12.8 Å². The van der Waals surface area contributed by atoms with Gasteiger partial charge in [-0.25, -0.2) is 0 Å². The van der Waals surface area contributed by atoms with Crippen molar-refractivity contribution in [1.29, 1.82) is 0 Å². The van der Waals surface area contributed by atoms with Crippen LogP contribution in [0.15, 0.2) is 0 Å². The molecule has 2 atom stereocenters. The van der Waals surface area contributed by atoms with Crippen molar-refractivity contribution in [3.63, 3.8) is 0 Å². The third-order valence-corrected chi connectivity index (χ3v) is 5.50. The number of hydrogen-bond acceptors (Lipinski definition) is 4. The number of carbonyl (C=O) groups is 1. The molecule has 2 bridgehead atoms. The molecular formula is C16H32Cl2N4O. The van der Waals surface area contributed by atoms with Crippen molar-refractivity contribution in [2.75, 3.05) is 52.4 Å². The number of likely N-dealkylation sites (N-methyl/N-ethyl adjacent to an activating group) is 1. The Bertz CT molecular complexity index is 350. The van der Waals surface area contributed by atoms with E-state index in [0.717, 1.165) is 58.8 Å². The number of nitrogens with zero attached hydrogens (tertiary/aromatic N) is 3. The predicted molar refractivity (Wildman–Crippen MR) is 98.8 cm³/mol. The first-order chi connectivity index (χ1) is 10.3. The van der Waals surface area contributed by atoms with E-state index >= 15 is 0 Å². The molecule has 23 heavy (non-hydrogen) atoms. The highest BCUT2D eigenvalue weighted by Gasteiger charge is 2.37. The first kappa shape index (κ1) is 21.0. The molecule has 0 aromatic carbocycles. The summed E-state index contributed by atoms with van der Waals surface area (Å²) >= 11 is 0. The molecule has 0 spiro atoms. The van der Waals surface area contributed by atoms with Gasteiger partial charge in [0.15, 0.2) is 0 Å². The Kier molecular flexibility index (Phi) is 9.16. The van der Waals surface area contributed by atoms with Crippen molar-refractivity contribution in [3.8, 4) is 0 Å². The molecule has 3 heterocycles. The van der Waals surface area contributed by atoms with Crippen molar-refractivity contribution >= 4 is 30.7 Å². The Hall–Kier alpha value is -0.0700. The number of rotatable bonds is 4. The molecule has 5 nitrogen and oxygen atoms in total. The molecule has 136 valence electrons. The summed E-state index contributed by atoms with van der Waals surface area (Å²) in [6, 6.07) is 0.969. The third kappa shape index (κ3) is 5.20. The molecule has 3 saturated heterocycles. The summed E-state index contributed by atoms with van der Waals surface area (Å²) < 4.78 is 0. The molecule has 0 aromatic heterocycles. The van der Waals surface area contributed by atoms with Gasteiger partial charge in [-0.2, -0.15) is 0 Å². The van der Waals surface area contributed by atoms with Crippen LogP contribution in [-0.2, 0) is 4.79 Å². The molecule has 2 unspecified atom stereocenters. The van der Waals surface area contributed by atoms with Crippen LogP contribution in [0.25, 0.3) is 0 Å². The van der Waals surface area contributed by atoms with E-state index in [-0.39, 0.29) is 24.8 Å². The number of fused-ring (bicyclic) bond motifs is 2. The molecular weight excluding hydrogens is 335 g/mol. The van der Waals surface area contributed by atoms with Gasteiger partial charge >= 0.3 is 0 Å². The highest BCUT2D eigenvalue weighted by Crippen LogP contribution is 2.28. The lowest BCUT2D eigenvalue weighted by Crippen LogP contribution is -2.48. The van der Waals surface area contributed by atoms with E-state index in [2.05, 4.69) is 26.9 Å². The number of carbonyl (C=O) groups excluding carboxylic acids is 1. The minimum atomic E-state index is 0. The summed E-state index contributed by atoms with van der Waals surface area (Å²) in [5.74, 6) is 0.393. The average Bonchev–Trinajstić information content (AvgIpc) is 2.78. The van der Waals surface area contributed by atoms with Crippen molar-refractivity contribution in [3.05, 3.63) is 0 Å². The van der Waals surface area contributed by atoms with Crippen LogP contribution in [0.3, 0.4) is 0 Å². The van der Waals surface area contributed by atoms with Gasteiger partial charge in [-0.05, 0) is 32.4 Å². The van der Waals surface area contributed by atoms with E-state index in [1.807, 2.05) is 0 Å². The third-order valence-electron chi connectivity index (χ3n) is 5.50. The van der Waals surface area contributed by atoms with Crippen LogP contribution >= 0.6 is 24.8 Å². The summed E-state index contributed by atoms with van der Waals surface area (Å²) in [7, 11) is 0. The Morgan fingerprint density at radius 3 is 2.35 bits per heavy atom. The maximum Gasteiger partial charge on any atom is 0.224 e. The van der Waals surface area contributed by atoms with Gasteiger partial charge in [-0.15, -0.1) is 24.8 Å². The van der Waals surface area contributed by atoms with Gasteiger partial charge in [0.05, 0.1) is 0 Å². The van der Waals surface area contributed by atoms with E-state index in [1.54, 1.807) is 0 Å². The van der Waals surface area contributed by atoms with Crippen molar-refractivity contribution < 1.29 is 4.79 Å². The Balaban J connectivity index is 0.00000132. The molecule has 1 amide bonds. The summed E-state index contributed by atoms with van der Waals surface area (Å²) in [5, 5.41) is 3.47. The lowest BCUT2D eigenvalue weighted by atomic mass is 10.1. The quantitative estimate of drug-likeness (QED) is 0.811. The molecule has 0 aliphatic carbocycles. The summed E-state index contributed by atoms with van der Waals surface area (Å²) in [4.78, 5) is 19.8. The van der Waals surface area contributed by atoms with Gasteiger partial charge in [-0.3, -0.25) is 4.79 Å². The normalized spacial score (nSPS) is 28.7. The van der Waals surface area contributed by atoms with Crippen LogP contribution in [0, 0.1) is 0 Å². The largest absolute Gasteiger partial charge is 0.335 e. The SMILES string of the molecule is CCN1CCN(CCC(=O)N2C3CCNCC2CC3)CC1.Cl.Cl. The monoisotopic (exact) mass is 366 g/mol. The highest BCUT2D eigenvalue weighted by molar-refractivity contribution is 5.85. The van der Waals surface area contributed by atoms with E-state index in [4.69, 9.17) is 0 Å². The summed E-state index contributed by atoms with van der Waals surface area (Å²) in [6.07, 6.45) is 4.25. The zero-order valence-corrected chi connectivity index (χ0v) is 15.8. The Labute approximate surface area is 152 Å². The molecule has 1 N–H and O–H groups in total. The lowest BCUT2D eigenvalue weighted by Gasteiger charge is -2.34. The molecule has 3 aliphatic rings. The van der Waals surface area contributed by atoms with Crippen LogP contribution in [0.1, 0.15) is 32.6 Å². The molecule has 0 aromatic rings. The maximum atomic E-state index is 12.6. The van der Waals surface area contributed by atoms with E-state index in [0.29, 0.717) is 24.4 Å². The lowest BCUT2D eigenvalue weighted by molar-refractivity contribution is -0.134. The molecule has 3 rings (SSSR count). The van der Waals surface area contributed by atoms with Gasteiger partial charge in [0.1, 0.15) is 0 Å². The van der Waals surface area contributed by atoms with E-state index < -0.39 is 0 Å². The van der Waals surface area contributed by atoms with Gasteiger partial charge < -0.3 is 20.0 Å². The van der Waals surface area contributed by atoms with Gasteiger partial charge in [0.2, 0.25) is 5.91 Å². The second-order valence-electron chi connectivity index (χ2n) is 6.70. The highest BCUT2D eigenvalue weighted by atomic mass is 35.5. The molecule has 0 radical (unpaired) electrons. The summed E-state index contributed by atoms with van der Waals surface area (Å²) in [5.41, 5.74) is 0. The van der Waals surface area contributed by atoms with Crippen LogP contribution < -0.4 is 5.32 Å². The number of hydrogen-bond donors (Lipinski definition) is 1. The van der Waals surface area contributed by atoms with Crippen molar-refractivity contribution in [1.82, 2.24) is 20.0 Å². The van der Waals surface area contributed by atoms with Crippen LogP contribution in [0.4, 0.5) is 0 Å². The fourth-order valence-corrected chi connectivity index (χ4v) is 4.10. The Morgan fingerprint density at radius 1 is 1.00 bits per heavy atom. The first-order valence-electron chi connectivity index (χ1n) is 8.74. The number of piperazine rings is 1. The van der Waals surface area contributed by atoms with Gasteiger partial charge in [0.25, 0.3) is 0 Å². The molecule has 3 fully saturated rings. The molecule has 0 saturated carbocycles. The zero-order valence-electron chi connectivity index (χ0n) is 14.2. The minimum absolute atomic E-state index is 0. The molecule has 7 heteroatoms. The van der Waals surface area contributed by atoms with Crippen LogP contribution in [0.2, 0.25) is 0 Å².